The van der Waals surface area contributed by atoms with Crippen LogP contribution in [0.25, 0.3) is 0 Å². The van der Waals surface area contributed by atoms with E-state index in [0.717, 1.165) is 25.9 Å². The Balaban J connectivity index is 2.01. The van der Waals surface area contributed by atoms with Gasteiger partial charge in [0.2, 0.25) is 0 Å². The number of pyridine rings is 1. The van der Waals surface area contributed by atoms with Crippen LogP contribution in [0.5, 0.6) is 0 Å². The summed E-state index contributed by atoms with van der Waals surface area (Å²) in [5.74, 6) is 0. The van der Waals surface area contributed by atoms with Gasteiger partial charge in [-0.25, -0.2) is 0 Å². The van der Waals surface area contributed by atoms with Crippen molar-refractivity contribution in [1.82, 2.24) is 9.88 Å². The fourth-order valence-corrected chi connectivity index (χ4v) is 2.54. The lowest BCUT2D eigenvalue weighted by Crippen LogP contribution is -2.38. The highest BCUT2D eigenvalue weighted by molar-refractivity contribution is 5.15. The first-order valence-electron chi connectivity index (χ1n) is 7.61. The summed E-state index contributed by atoms with van der Waals surface area (Å²) in [5.41, 5.74) is 2.53. The Bertz CT molecular complexity index is 497. The number of hydrogen-bond donors (Lipinski definition) is 1. The second-order valence-corrected chi connectivity index (χ2v) is 5.31. The number of aromatic nitrogens is 1. The number of hydrogen-bond acceptors (Lipinski definition) is 3. The molecule has 0 aliphatic carbocycles. The van der Waals surface area contributed by atoms with E-state index in [4.69, 9.17) is 0 Å². The van der Waals surface area contributed by atoms with Crippen LogP contribution in [0.1, 0.15) is 24.5 Å². The molecule has 3 nitrogen and oxygen atoms in total. The molecule has 0 radical (unpaired) electrons. The third-order valence-corrected chi connectivity index (χ3v) is 3.84. The van der Waals surface area contributed by atoms with Crippen LogP contribution >= 0.6 is 0 Å². The van der Waals surface area contributed by atoms with Gasteiger partial charge in [0.05, 0.1) is 6.61 Å². The number of aliphatic hydroxyl groups excluding tert-OH is 1. The number of nitrogens with zero attached hydrogens (tertiary/aromatic N) is 2. The van der Waals surface area contributed by atoms with E-state index < -0.39 is 0 Å². The Morgan fingerprint density at radius 2 is 1.86 bits per heavy atom. The lowest BCUT2D eigenvalue weighted by molar-refractivity contribution is 0.114. The molecular formula is C18H24N2O. The molecule has 2 aromatic rings. The van der Waals surface area contributed by atoms with Crippen LogP contribution in [-0.4, -0.2) is 34.2 Å². The highest BCUT2D eigenvalue weighted by Gasteiger charge is 2.16. The zero-order valence-electron chi connectivity index (χ0n) is 12.7. The summed E-state index contributed by atoms with van der Waals surface area (Å²) in [5, 5.41) is 9.61. The Labute approximate surface area is 127 Å². The molecule has 21 heavy (non-hydrogen) atoms. The summed E-state index contributed by atoms with van der Waals surface area (Å²) in [6, 6.07) is 14.8. The van der Waals surface area contributed by atoms with Gasteiger partial charge in [-0.15, -0.1) is 0 Å². The molecule has 112 valence electrons. The van der Waals surface area contributed by atoms with Crippen LogP contribution < -0.4 is 0 Å². The van der Waals surface area contributed by atoms with Gasteiger partial charge in [0.25, 0.3) is 0 Å². The highest BCUT2D eigenvalue weighted by Crippen LogP contribution is 2.12. The maximum atomic E-state index is 9.61. The minimum atomic E-state index is 0.200. The zero-order chi connectivity index (χ0) is 14.9. The topological polar surface area (TPSA) is 36.4 Å². The number of aliphatic hydroxyl groups is 1. The van der Waals surface area contributed by atoms with Crippen molar-refractivity contribution in [3.05, 3.63) is 66.0 Å². The zero-order valence-corrected chi connectivity index (χ0v) is 12.7. The van der Waals surface area contributed by atoms with E-state index in [1.54, 1.807) is 6.20 Å². The van der Waals surface area contributed by atoms with Gasteiger partial charge >= 0.3 is 0 Å². The molecule has 0 amide bonds. The van der Waals surface area contributed by atoms with E-state index in [0.29, 0.717) is 0 Å². The van der Waals surface area contributed by atoms with Crippen molar-refractivity contribution in [2.75, 3.05) is 13.2 Å². The first kappa shape index (κ1) is 15.7. The Hall–Kier alpha value is -1.71. The minimum absolute atomic E-state index is 0.200. The maximum absolute atomic E-state index is 9.61. The van der Waals surface area contributed by atoms with E-state index in [1.807, 2.05) is 18.3 Å². The number of benzene rings is 1. The van der Waals surface area contributed by atoms with E-state index in [2.05, 4.69) is 47.1 Å². The summed E-state index contributed by atoms with van der Waals surface area (Å²) < 4.78 is 0. The van der Waals surface area contributed by atoms with Gasteiger partial charge in [-0.05, 0) is 30.0 Å². The number of rotatable bonds is 8. The van der Waals surface area contributed by atoms with Gasteiger partial charge in [-0.2, -0.15) is 0 Å². The van der Waals surface area contributed by atoms with E-state index in [1.165, 1.54) is 11.1 Å². The summed E-state index contributed by atoms with van der Waals surface area (Å²) in [7, 11) is 0. The van der Waals surface area contributed by atoms with Crippen molar-refractivity contribution < 1.29 is 5.11 Å². The van der Waals surface area contributed by atoms with Crippen molar-refractivity contribution in [3.63, 3.8) is 0 Å². The summed E-state index contributed by atoms with van der Waals surface area (Å²) in [4.78, 5) is 6.53. The van der Waals surface area contributed by atoms with Gasteiger partial charge in [0.15, 0.2) is 0 Å². The molecule has 0 bridgehead atoms. The van der Waals surface area contributed by atoms with E-state index >= 15 is 0 Å². The van der Waals surface area contributed by atoms with Crippen LogP contribution in [0.2, 0.25) is 0 Å². The predicted octanol–water partition coefficient (Wildman–Crippen LogP) is 2.90. The molecule has 1 heterocycles. The molecule has 2 rings (SSSR count). The quantitative estimate of drug-likeness (QED) is 0.809. The van der Waals surface area contributed by atoms with Crippen LogP contribution in [0.4, 0.5) is 0 Å². The molecule has 0 spiro atoms. The van der Waals surface area contributed by atoms with E-state index in [-0.39, 0.29) is 12.6 Å². The minimum Gasteiger partial charge on any atom is -0.395 e. The van der Waals surface area contributed by atoms with Crippen molar-refractivity contribution in [2.45, 2.75) is 32.4 Å². The normalized spacial score (nSPS) is 12.5. The average molecular weight is 284 g/mol. The predicted molar refractivity (Wildman–Crippen MR) is 86.0 cm³/mol. The largest absolute Gasteiger partial charge is 0.395 e. The SMILES string of the molecule is CCC(CO)N(CCc1ccccc1)Cc1cccnc1. The van der Waals surface area contributed by atoms with Crippen LogP contribution in [0.15, 0.2) is 54.9 Å². The monoisotopic (exact) mass is 284 g/mol. The molecule has 1 unspecified atom stereocenters. The molecule has 0 saturated carbocycles. The Morgan fingerprint density at radius 1 is 1.10 bits per heavy atom. The summed E-state index contributed by atoms with van der Waals surface area (Å²) in [6.07, 6.45) is 5.64. The summed E-state index contributed by atoms with van der Waals surface area (Å²) >= 11 is 0. The molecule has 0 aliphatic rings. The van der Waals surface area contributed by atoms with E-state index in [9.17, 15) is 5.11 Å². The molecule has 1 aromatic heterocycles. The molecule has 1 aromatic carbocycles. The van der Waals surface area contributed by atoms with Crippen molar-refractivity contribution >= 4 is 0 Å². The van der Waals surface area contributed by atoms with Crippen LogP contribution in [0.3, 0.4) is 0 Å². The second kappa shape index (κ2) is 8.55. The van der Waals surface area contributed by atoms with Gasteiger partial charge in [-0.1, -0.05) is 43.3 Å². The second-order valence-electron chi connectivity index (χ2n) is 5.31. The molecule has 1 N–H and O–H groups in total. The van der Waals surface area contributed by atoms with Crippen LogP contribution in [0, 0.1) is 0 Å². The van der Waals surface area contributed by atoms with Gasteiger partial charge in [0, 0.05) is 31.5 Å². The lowest BCUT2D eigenvalue weighted by Gasteiger charge is -2.29. The molecule has 0 fully saturated rings. The van der Waals surface area contributed by atoms with Gasteiger partial charge < -0.3 is 5.11 Å². The van der Waals surface area contributed by atoms with Crippen molar-refractivity contribution in [2.24, 2.45) is 0 Å². The fraction of sp³-hybridized carbons (Fsp3) is 0.389. The first-order valence-corrected chi connectivity index (χ1v) is 7.61. The Kier molecular flexibility index (Phi) is 6.38. The highest BCUT2D eigenvalue weighted by atomic mass is 16.3. The molecule has 0 saturated heterocycles. The van der Waals surface area contributed by atoms with Crippen molar-refractivity contribution in [1.29, 1.82) is 0 Å². The average Bonchev–Trinajstić information content (AvgIpc) is 2.55. The molecular weight excluding hydrogens is 260 g/mol. The third kappa shape index (κ3) is 4.96. The maximum Gasteiger partial charge on any atom is 0.0586 e. The Morgan fingerprint density at radius 3 is 2.48 bits per heavy atom. The summed E-state index contributed by atoms with van der Waals surface area (Å²) in [6.45, 7) is 4.10. The van der Waals surface area contributed by atoms with Gasteiger partial charge in [-0.3, -0.25) is 9.88 Å². The van der Waals surface area contributed by atoms with Gasteiger partial charge in [0.1, 0.15) is 0 Å². The standard InChI is InChI=1S/C18H24N2O/c1-2-18(15-21)20(14-17-9-6-11-19-13-17)12-10-16-7-4-3-5-8-16/h3-9,11,13,18,21H,2,10,12,14-15H2,1H3. The first-order chi connectivity index (χ1) is 10.3. The third-order valence-electron chi connectivity index (χ3n) is 3.84. The fourth-order valence-electron chi connectivity index (χ4n) is 2.54. The van der Waals surface area contributed by atoms with Crippen LogP contribution in [-0.2, 0) is 13.0 Å². The lowest BCUT2D eigenvalue weighted by atomic mass is 10.1. The molecule has 0 aliphatic heterocycles. The molecule has 3 heteroatoms. The van der Waals surface area contributed by atoms with Crippen molar-refractivity contribution in [3.8, 4) is 0 Å². The smallest absolute Gasteiger partial charge is 0.0586 e. The molecule has 1 atom stereocenters.